The van der Waals surface area contributed by atoms with Crippen LogP contribution in [0, 0.1) is 0 Å². The third-order valence-electron chi connectivity index (χ3n) is 4.22. The van der Waals surface area contributed by atoms with Crippen LogP contribution < -0.4 is 4.74 Å². The highest BCUT2D eigenvalue weighted by Gasteiger charge is 2.20. The molecule has 0 aliphatic heterocycles. The van der Waals surface area contributed by atoms with Crippen molar-refractivity contribution in [2.45, 2.75) is 6.54 Å². The fraction of sp³-hybridized carbons (Fsp3) is 0.238. The van der Waals surface area contributed by atoms with Crippen molar-refractivity contribution in [2.24, 2.45) is 0 Å². The van der Waals surface area contributed by atoms with E-state index >= 15 is 0 Å². The summed E-state index contributed by atoms with van der Waals surface area (Å²) in [5.41, 5.74) is 1.92. The van der Waals surface area contributed by atoms with E-state index in [2.05, 4.69) is 5.16 Å². The van der Waals surface area contributed by atoms with E-state index in [1.807, 2.05) is 30.3 Å². The summed E-state index contributed by atoms with van der Waals surface area (Å²) in [6.07, 6.45) is 0. The number of carbonyl (C=O) groups is 1. The Kier molecular flexibility index (Phi) is 6.68. The molecule has 7 heteroatoms. The molecule has 0 aliphatic rings. The molecule has 2 aromatic carbocycles. The Morgan fingerprint density at radius 2 is 1.96 bits per heavy atom. The molecule has 3 aromatic rings. The molecule has 3 rings (SSSR count). The molecule has 0 atom stereocenters. The van der Waals surface area contributed by atoms with Gasteiger partial charge in [-0.25, -0.2) is 0 Å². The monoisotopic (exact) mass is 400 g/mol. The summed E-state index contributed by atoms with van der Waals surface area (Å²) in [7, 11) is 3.20. The Morgan fingerprint density at radius 3 is 2.71 bits per heavy atom. The fourth-order valence-electron chi connectivity index (χ4n) is 2.75. The minimum absolute atomic E-state index is 0.186. The standard InChI is InChI=1S/C21H21ClN2O4/c1-26-11-10-24(21(25)18-8-3-4-9-19(18)22)14-16-13-20(28-23-16)15-6-5-7-17(12-15)27-2/h3-9,12-13H,10-11,14H2,1-2H3. The first-order valence-corrected chi connectivity index (χ1v) is 9.13. The van der Waals surface area contributed by atoms with Gasteiger partial charge in [-0.15, -0.1) is 0 Å². The van der Waals surface area contributed by atoms with Gasteiger partial charge in [0.1, 0.15) is 11.4 Å². The van der Waals surface area contributed by atoms with E-state index in [9.17, 15) is 4.79 Å². The second kappa shape index (κ2) is 9.39. The van der Waals surface area contributed by atoms with Crippen molar-refractivity contribution >= 4 is 17.5 Å². The average molecular weight is 401 g/mol. The van der Waals surface area contributed by atoms with E-state index in [0.717, 1.165) is 11.3 Å². The third-order valence-corrected chi connectivity index (χ3v) is 4.55. The summed E-state index contributed by atoms with van der Waals surface area (Å²) >= 11 is 6.19. The maximum atomic E-state index is 12.9. The third kappa shape index (κ3) is 4.71. The van der Waals surface area contributed by atoms with Gasteiger partial charge in [-0.1, -0.05) is 41.0 Å². The SMILES string of the molecule is COCCN(Cc1cc(-c2cccc(OC)c2)on1)C(=O)c1ccccc1Cl. The minimum Gasteiger partial charge on any atom is -0.497 e. The van der Waals surface area contributed by atoms with Crippen molar-refractivity contribution in [3.63, 3.8) is 0 Å². The van der Waals surface area contributed by atoms with Crippen LogP contribution in [0.2, 0.25) is 5.02 Å². The first kappa shape index (κ1) is 19.9. The van der Waals surface area contributed by atoms with Crippen LogP contribution in [-0.4, -0.2) is 43.3 Å². The van der Waals surface area contributed by atoms with Crippen LogP contribution in [0.3, 0.4) is 0 Å². The molecule has 0 saturated heterocycles. The second-order valence-corrected chi connectivity index (χ2v) is 6.52. The highest BCUT2D eigenvalue weighted by atomic mass is 35.5. The summed E-state index contributed by atoms with van der Waals surface area (Å²) in [4.78, 5) is 14.6. The summed E-state index contributed by atoms with van der Waals surface area (Å²) in [6.45, 7) is 1.08. The first-order valence-electron chi connectivity index (χ1n) is 8.75. The number of carbonyl (C=O) groups excluding carboxylic acids is 1. The highest BCUT2D eigenvalue weighted by molar-refractivity contribution is 6.33. The molecule has 0 fully saturated rings. The van der Waals surface area contributed by atoms with E-state index in [1.165, 1.54) is 0 Å². The normalized spacial score (nSPS) is 10.7. The Hall–Kier alpha value is -2.83. The molecule has 0 radical (unpaired) electrons. The van der Waals surface area contributed by atoms with Crippen LogP contribution in [-0.2, 0) is 11.3 Å². The average Bonchev–Trinajstić information content (AvgIpc) is 3.19. The maximum absolute atomic E-state index is 12.9. The quantitative estimate of drug-likeness (QED) is 0.564. The lowest BCUT2D eigenvalue weighted by atomic mass is 10.1. The lowest BCUT2D eigenvalue weighted by molar-refractivity contribution is 0.0676. The van der Waals surface area contributed by atoms with Crippen molar-refractivity contribution in [3.8, 4) is 17.1 Å². The van der Waals surface area contributed by atoms with E-state index in [1.54, 1.807) is 43.4 Å². The first-order chi connectivity index (χ1) is 13.6. The summed E-state index contributed by atoms with van der Waals surface area (Å²) in [5, 5.41) is 4.52. The van der Waals surface area contributed by atoms with Crippen LogP contribution in [0.5, 0.6) is 5.75 Å². The molecule has 0 unspecified atom stereocenters. The number of aromatic nitrogens is 1. The molecular weight excluding hydrogens is 380 g/mol. The van der Waals surface area contributed by atoms with Crippen molar-refractivity contribution in [1.82, 2.24) is 10.1 Å². The van der Waals surface area contributed by atoms with Crippen molar-refractivity contribution in [1.29, 1.82) is 0 Å². The van der Waals surface area contributed by atoms with Gasteiger partial charge in [0.2, 0.25) is 0 Å². The second-order valence-electron chi connectivity index (χ2n) is 6.11. The smallest absolute Gasteiger partial charge is 0.255 e. The van der Waals surface area contributed by atoms with Gasteiger partial charge in [0, 0.05) is 25.3 Å². The van der Waals surface area contributed by atoms with Crippen molar-refractivity contribution < 1.29 is 18.8 Å². The van der Waals surface area contributed by atoms with Gasteiger partial charge in [-0.2, -0.15) is 0 Å². The van der Waals surface area contributed by atoms with Gasteiger partial charge < -0.3 is 18.9 Å². The zero-order valence-corrected chi connectivity index (χ0v) is 16.5. The van der Waals surface area contributed by atoms with Gasteiger partial charge >= 0.3 is 0 Å². The Labute approximate surface area is 168 Å². The lowest BCUT2D eigenvalue weighted by Gasteiger charge is -2.21. The topological polar surface area (TPSA) is 64.8 Å². The number of hydrogen-bond donors (Lipinski definition) is 0. The van der Waals surface area contributed by atoms with Gasteiger partial charge in [-0.3, -0.25) is 4.79 Å². The number of hydrogen-bond acceptors (Lipinski definition) is 5. The Morgan fingerprint density at radius 1 is 1.14 bits per heavy atom. The van der Waals surface area contributed by atoms with Crippen LogP contribution in [0.1, 0.15) is 16.1 Å². The predicted octanol–water partition coefficient (Wildman–Crippen LogP) is 4.29. The van der Waals surface area contributed by atoms with Crippen LogP contribution >= 0.6 is 11.6 Å². The number of ether oxygens (including phenoxy) is 2. The van der Waals surface area contributed by atoms with E-state index in [-0.39, 0.29) is 12.5 Å². The summed E-state index contributed by atoms with van der Waals surface area (Å²) in [5.74, 6) is 1.14. The van der Waals surface area contributed by atoms with E-state index in [0.29, 0.717) is 35.2 Å². The molecule has 146 valence electrons. The maximum Gasteiger partial charge on any atom is 0.255 e. The zero-order valence-electron chi connectivity index (χ0n) is 15.7. The molecule has 0 saturated carbocycles. The zero-order chi connectivity index (χ0) is 19.9. The van der Waals surface area contributed by atoms with Gasteiger partial charge in [-0.05, 0) is 24.3 Å². The number of nitrogens with zero attached hydrogens (tertiary/aromatic N) is 2. The Balaban J connectivity index is 1.80. The number of benzene rings is 2. The van der Waals surface area contributed by atoms with Crippen LogP contribution in [0.25, 0.3) is 11.3 Å². The van der Waals surface area contributed by atoms with Gasteiger partial charge in [0.15, 0.2) is 5.76 Å². The fourth-order valence-corrected chi connectivity index (χ4v) is 2.97. The van der Waals surface area contributed by atoms with E-state index in [4.69, 9.17) is 25.6 Å². The molecule has 28 heavy (non-hydrogen) atoms. The number of halogens is 1. The van der Waals surface area contributed by atoms with E-state index < -0.39 is 0 Å². The molecule has 0 aliphatic carbocycles. The summed E-state index contributed by atoms with van der Waals surface area (Å²) < 4.78 is 15.8. The lowest BCUT2D eigenvalue weighted by Crippen LogP contribution is -2.33. The van der Waals surface area contributed by atoms with Crippen molar-refractivity contribution in [3.05, 3.63) is 70.9 Å². The summed E-state index contributed by atoms with van der Waals surface area (Å²) in [6, 6.07) is 16.3. The molecule has 0 spiro atoms. The van der Waals surface area contributed by atoms with Gasteiger partial charge in [0.25, 0.3) is 5.91 Å². The predicted molar refractivity (Wildman–Crippen MR) is 107 cm³/mol. The van der Waals surface area contributed by atoms with Crippen LogP contribution in [0.15, 0.2) is 59.1 Å². The molecule has 0 N–H and O–H groups in total. The molecule has 6 nitrogen and oxygen atoms in total. The minimum atomic E-state index is -0.186. The molecule has 0 bridgehead atoms. The number of rotatable bonds is 8. The number of methoxy groups -OCH3 is 2. The largest absolute Gasteiger partial charge is 0.497 e. The molecule has 1 amide bonds. The van der Waals surface area contributed by atoms with Gasteiger partial charge in [0.05, 0.1) is 30.8 Å². The Bertz CT molecular complexity index is 941. The number of amides is 1. The molecule has 1 aromatic heterocycles. The van der Waals surface area contributed by atoms with Crippen LogP contribution in [0.4, 0.5) is 0 Å². The molecule has 1 heterocycles. The highest BCUT2D eigenvalue weighted by Crippen LogP contribution is 2.25. The molecular formula is C21H21ClN2O4. The van der Waals surface area contributed by atoms with Crippen molar-refractivity contribution in [2.75, 3.05) is 27.4 Å².